The maximum Gasteiger partial charge on any atom is 0.224 e. The summed E-state index contributed by atoms with van der Waals surface area (Å²) in [5, 5.41) is 0. The van der Waals surface area contributed by atoms with Gasteiger partial charge in [-0.25, -0.2) is 0 Å². The Kier molecular flexibility index (Phi) is 2.56. The van der Waals surface area contributed by atoms with Gasteiger partial charge in [-0.3, -0.25) is 0 Å². The van der Waals surface area contributed by atoms with Crippen molar-refractivity contribution < 1.29 is 9.47 Å². The van der Waals surface area contributed by atoms with E-state index in [1.54, 1.807) is 0 Å². The fourth-order valence-electron chi connectivity index (χ4n) is 3.42. The highest BCUT2D eigenvalue weighted by atomic mass is 16.7. The van der Waals surface area contributed by atoms with E-state index < -0.39 is 0 Å². The molecule has 16 heavy (non-hydrogen) atoms. The van der Waals surface area contributed by atoms with Crippen LogP contribution in [0.3, 0.4) is 0 Å². The minimum Gasteiger partial charge on any atom is -0.342 e. The standard InChI is InChI=1S/C14H22O2/c1-4-14(2,3)8-13-15-11-6-9-5-10(11)12(7-9)16-13/h9-12H,1,4-8H2,2-3H3. The molecule has 2 aliphatic carbocycles. The Morgan fingerprint density at radius 1 is 1.19 bits per heavy atom. The zero-order valence-corrected chi connectivity index (χ0v) is 10.4. The van der Waals surface area contributed by atoms with Crippen molar-refractivity contribution in [2.75, 3.05) is 0 Å². The van der Waals surface area contributed by atoms with Gasteiger partial charge in [-0.1, -0.05) is 20.8 Å². The highest BCUT2D eigenvalue weighted by molar-refractivity contribution is 5.02. The van der Waals surface area contributed by atoms with E-state index >= 15 is 0 Å². The van der Waals surface area contributed by atoms with Gasteiger partial charge in [-0.15, -0.1) is 0 Å². The van der Waals surface area contributed by atoms with Crippen LogP contribution in [0.15, 0.2) is 0 Å². The largest absolute Gasteiger partial charge is 0.342 e. The second kappa shape index (κ2) is 3.71. The molecule has 1 aliphatic heterocycles. The van der Waals surface area contributed by atoms with Crippen molar-refractivity contribution in [3.05, 3.63) is 13.2 Å². The van der Waals surface area contributed by atoms with Crippen molar-refractivity contribution in [3.63, 3.8) is 0 Å². The number of ether oxygens (including phenoxy) is 2. The van der Waals surface area contributed by atoms with Crippen molar-refractivity contribution in [2.24, 2.45) is 17.3 Å². The van der Waals surface area contributed by atoms with E-state index in [-0.39, 0.29) is 5.41 Å². The van der Waals surface area contributed by atoms with Crippen LogP contribution in [-0.2, 0) is 9.47 Å². The highest BCUT2D eigenvalue weighted by Crippen LogP contribution is 2.53. The molecule has 0 aromatic carbocycles. The summed E-state index contributed by atoms with van der Waals surface area (Å²) in [6, 6.07) is 0. The average Bonchev–Trinajstić information content (AvgIpc) is 2.75. The third kappa shape index (κ3) is 1.80. The second-order valence-corrected chi connectivity index (χ2v) is 6.51. The van der Waals surface area contributed by atoms with Crippen LogP contribution in [0.5, 0.6) is 0 Å². The topological polar surface area (TPSA) is 18.5 Å². The number of fused-ring (bicyclic) bond motifs is 1. The lowest BCUT2D eigenvalue weighted by Gasteiger charge is -2.41. The van der Waals surface area contributed by atoms with Gasteiger partial charge in [0.2, 0.25) is 6.29 Å². The summed E-state index contributed by atoms with van der Waals surface area (Å²) >= 11 is 0. The van der Waals surface area contributed by atoms with Gasteiger partial charge in [0, 0.05) is 12.3 Å². The third-order valence-corrected chi connectivity index (χ3v) is 4.56. The lowest BCUT2D eigenvalue weighted by atomic mass is 9.85. The number of hydrogen-bond acceptors (Lipinski definition) is 2. The lowest BCUT2D eigenvalue weighted by molar-refractivity contribution is -0.204. The average molecular weight is 222 g/mol. The molecule has 3 fully saturated rings. The second-order valence-electron chi connectivity index (χ2n) is 6.51. The Morgan fingerprint density at radius 3 is 2.31 bits per heavy atom. The molecular weight excluding hydrogens is 200 g/mol. The maximum atomic E-state index is 6.02. The van der Waals surface area contributed by atoms with Crippen LogP contribution in [-0.4, -0.2) is 12.2 Å². The molecule has 2 radical (unpaired) electrons. The molecule has 0 aromatic heterocycles. The summed E-state index contributed by atoms with van der Waals surface area (Å²) in [6.45, 7) is 8.45. The molecule has 3 rings (SSSR count). The van der Waals surface area contributed by atoms with Crippen molar-refractivity contribution in [3.8, 4) is 0 Å². The Hall–Kier alpha value is -0.0800. The van der Waals surface area contributed by atoms with Gasteiger partial charge in [0.1, 0.15) is 0 Å². The Morgan fingerprint density at radius 2 is 1.81 bits per heavy atom. The van der Waals surface area contributed by atoms with Gasteiger partial charge in [0.15, 0.2) is 0 Å². The molecule has 0 N–H and O–H groups in total. The Bertz CT molecular complexity index is 258. The van der Waals surface area contributed by atoms with Crippen LogP contribution >= 0.6 is 0 Å². The fraction of sp³-hybridized carbons (Fsp3) is 0.857. The van der Waals surface area contributed by atoms with Gasteiger partial charge < -0.3 is 9.47 Å². The summed E-state index contributed by atoms with van der Waals surface area (Å²) < 4.78 is 12.0. The highest BCUT2D eigenvalue weighted by Gasteiger charge is 2.52. The first-order chi connectivity index (χ1) is 7.57. The van der Waals surface area contributed by atoms with Gasteiger partial charge in [-0.05, 0) is 37.0 Å². The first-order valence-electron chi connectivity index (χ1n) is 6.56. The zero-order chi connectivity index (χ0) is 11.3. The minimum atomic E-state index is 0.198. The van der Waals surface area contributed by atoms with Crippen LogP contribution < -0.4 is 0 Å². The van der Waals surface area contributed by atoms with Gasteiger partial charge >= 0.3 is 0 Å². The van der Waals surface area contributed by atoms with Crippen LogP contribution in [0.4, 0.5) is 0 Å². The normalized spacial score (nSPS) is 42.9. The van der Waals surface area contributed by atoms with E-state index in [0.717, 1.165) is 25.0 Å². The molecule has 90 valence electrons. The molecule has 2 heteroatoms. The molecule has 0 amide bonds. The van der Waals surface area contributed by atoms with Crippen molar-refractivity contribution in [1.29, 1.82) is 0 Å². The van der Waals surface area contributed by atoms with Crippen molar-refractivity contribution in [2.45, 2.75) is 58.2 Å². The SMILES string of the molecule is [CH2]CC(C)(C)C[C]1OC2CC3CC(O1)C2C3. The molecule has 0 spiro atoms. The van der Waals surface area contributed by atoms with E-state index in [2.05, 4.69) is 20.8 Å². The molecule has 2 bridgehead atoms. The van der Waals surface area contributed by atoms with Crippen LogP contribution in [0.2, 0.25) is 0 Å². The Labute approximate surface area is 98.7 Å². The summed E-state index contributed by atoms with van der Waals surface area (Å²) in [4.78, 5) is 0. The summed E-state index contributed by atoms with van der Waals surface area (Å²) in [6.07, 6.45) is 7.51. The first kappa shape index (κ1) is 11.0. The van der Waals surface area contributed by atoms with E-state index in [1.165, 1.54) is 19.3 Å². The summed E-state index contributed by atoms with van der Waals surface area (Å²) in [5.74, 6) is 1.57. The van der Waals surface area contributed by atoms with Crippen LogP contribution in [0.25, 0.3) is 0 Å². The predicted octanol–water partition coefficient (Wildman–Crippen LogP) is 3.33. The number of rotatable bonds is 3. The van der Waals surface area contributed by atoms with Crippen LogP contribution in [0, 0.1) is 30.5 Å². The molecular formula is C14H22O2. The summed E-state index contributed by atoms with van der Waals surface area (Å²) in [5.41, 5.74) is 0.198. The fourth-order valence-corrected chi connectivity index (χ4v) is 3.42. The molecule has 0 aromatic rings. The van der Waals surface area contributed by atoms with Crippen LogP contribution in [0.1, 0.15) is 46.0 Å². The zero-order valence-electron chi connectivity index (χ0n) is 10.4. The maximum absolute atomic E-state index is 6.02. The van der Waals surface area contributed by atoms with Gasteiger partial charge in [-0.2, -0.15) is 0 Å². The smallest absolute Gasteiger partial charge is 0.224 e. The van der Waals surface area contributed by atoms with Gasteiger partial charge in [0.05, 0.1) is 12.2 Å². The quantitative estimate of drug-likeness (QED) is 0.729. The van der Waals surface area contributed by atoms with E-state index in [1.807, 2.05) is 0 Å². The summed E-state index contributed by atoms with van der Waals surface area (Å²) in [7, 11) is 0. The lowest BCUT2D eigenvalue weighted by Crippen LogP contribution is -2.42. The molecule has 2 saturated carbocycles. The third-order valence-electron chi connectivity index (χ3n) is 4.56. The molecule has 2 unspecified atom stereocenters. The molecule has 1 heterocycles. The van der Waals surface area contributed by atoms with Crippen molar-refractivity contribution >= 4 is 0 Å². The predicted molar refractivity (Wildman–Crippen MR) is 62.2 cm³/mol. The van der Waals surface area contributed by atoms with Gasteiger partial charge in [0.25, 0.3) is 0 Å². The van der Waals surface area contributed by atoms with Crippen molar-refractivity contribution in [1.82, 2.24) is 0 Å². The molecule has 2 atom stereocenters. The van der Waals surface area contributed by atoms with E-state index in [0.29, 0.717) is 18.1 Å². The monoisotopic (exact) mass is 222 g/mol. The first-order valence-corrected chi connectivity index (χ1v) is 6.56. The molecule has 2 nitrogen and oxygen atoms in total. The molecule has 3 aliphatic rings. The number of hydrogen-bond donors (Lipinski definition) is 0. The minimum absolute atomic E-state index is 0.198. The Balaban J connectivity index is 1.63. The van der Waals surface area contributed by atoms with E-state index in [4.69, 9.17) is 9.47 Å². The molecule has 1 saturated heterocycles. The van der Waals surface area contributed by atoms with E-state index in [9.17, 15) is 0 Å².